The molecule has 0 saturated heterocycles. The number of carbonyl (C=O) groups excluding carboxylic acids is 1. The van der Waals surface area contributed by atoms with E-state index < -0.39 is 17.9 Å². The van der Waals surface area contributed by atoms with Crippen molar-refractivity contribution in [3.05, 3.63) is 12.3 Å². The van der Waals surface area contributed by atoms with Gasteiger partial charge in [-0.1, -0.05) is 20.8 Å². The molecule has 0 aromatic rings. The number of carbonyl (C=O) groups is 1. The van der Waals surface area contributed by atoms with Crippen molar-refractivity contribution in [2.75, 3.05) is 0 Å². The van der Waals surface area contributed by atoms with Gasteiger partial charge in [-0.15, -0.1) is 0 Å². The standard InChI is InChI=1S/C10H18O5/c1-7(10(12,13)14)8(11)15-6-5-9(2,3)4/h5-7,12-14H,1-4H3. The van der Waals surface area contributed by atoms with E-state index in [4.69, 9.17) is 15.3 Å². The lowest BCUT2D eigenvalue weighted by Crippen LogP contribution is -2.40. The van der Waals surface area contributed by atoms with Gasteiger partial charge in [0.2, 0.25) is 0 Å². The fourth-order valence-electron chi connectivity index (χ4n) is 0.565. The largest absolute Gasteiger partial charge is 0.434 e. The molecule has 0 aromatic carbocycles. The zero-order valence-corrected chi connectivity index (χ0v) is 9.39. The van der Waals surface area contributed by atoms with Crippen LogP contribution in [0.1, 0.15) is 27.7 Å². The van der Waals surface area contributed by atoms with Crippen molar-refractivity contribution in [1.29, 1.82) is 0 Å². The Balaban J connectivity index is 4.23. The topological polar surface area (TPSA) is 87.0 Å². The molecule has 0 spiro atoms. The lowest BCUT2D eigenvalue weighted by atomic mass is 9.97. The predicted molar refractivity (Wildman–Crippen MR) is 53.2 cm³/mol. The van der Waals surface area contributed by atoms with E-state index in [2.05, 4.69) is 4.74 Å². The summed E-state index contributed by atoms with van der Waals surface area (Å²) in [6.45, 7) is 6.88. The highest BCUT2D eigenvalue weighted by Gasteiger charge is 2.35. The van der Waals surface area contributed by atoms with E-state index >= 15 is 0 Å². The van der Waals surface area contributed by atoms with Crippen LogP contribution in [0.5, 0.6) is 0 Å². The summed E-state index contributed by atoms with van der Waals surface area (Å²) in [6, 6.07) is 0. The third-order valence-corrected chi connectivity index (χ3v) is 1.69. The minimum absolute atomic E-state index is 0.141. The van der Waals surface area contributed by atoms with Crippen molar-refractivity contribution in [1.82, 2.24) is 0 Å². The van der Waals surface area contributed by atoms with E-state index in [1.807, 2.05) is 20.8 Å². The zero-order chi connectivity index (χ0) is 12.3. The van der Waals surface area contributed by atoms with Gasteiger partial charge in [-0.05, 0) is 18.4 Å². The molecule has 0 radical (unpaired) electrons. The summed E-state index contributed by atoms with van der Waals surface area (Å²) in [6.07, 6.45) is 2.82. The Morgan fingerprint density at radius 1 is 1.27 bits per heavy atom. The van der Waals surface area contributed by atoms with Gasteiger partial charge in [0.15, 0.2) is 0 Å². The van der Waals surface area contributed by atoms with E-state index in [1.54, 1.807) is 6.08 Å². The van der Waals surface area contributed by atoms with Gasteiger partial charge in [-0.2, -0.15) is 0 Å². The van der Waals surface area contributed by atoms with Gasteiger partial charge in [0.05, 0.1) is 6.26 Å². The van der Waals surface area contributed by atoms with E-state index in [9.17, 15) is 4.79 Å². The zero-order valence-electron chi connectivity index (χ0n) is 9.39. The summed E-state index contributed by atoms with van der Waals surface area (Å²) in [5, 5.41) is 26.1. The van der Waals surface area contributed by atoms with Crippen LogP contribution >= 0.6 is 0 Å². The molecular formula is C10H18O5. The van der Waals surface area contributed by atoms with Gasteiger partial charge >= 0.3 is 5.97 Å². The smallest absolute Gasteiger partial charge is 0.321 e. The van der Waals surface area contributed by atoms with Crippen LogP contribution < -0.4 is 0 Å². The van der Waals surface area contributed by atoms with Crippen LogP contribution in [0.2, 0.25) is 0 Å². The normalized spacial score (nSPS) is 15.4. The van der Waals surface area contributed by atoms with Gasteiger partial charge in [-0.25, -0.2) is 0 Å². The molecule has 0 aliphatic carbocycles. The molecule has 0 amide bonds. The molecule has 0 aliphatic heterocycles. The monoisotopic (exact) mass is 218 g/mol. The van der Waals surface area contributed by atoms with E-state index in [0.29, 0.717) is 0 Å². The molecule has 5 nitrogen and oxygen atoms in total. The van der Waals surface area contributed by atoms with Crippen molar-refractivity contribution in [3.63, 3.8) is 0 Å². The van der Waals surface area contributed by atoms with Crippen LogP contribution in [0.4, 0.5) is 0 Å². The van der Waals surface area contributed by atoms with Crippen molar-refractivity contribution in [2.45, 2.75) is 33.7 Å². The van der Waals surface area contributed by atoms with Gasteiger partial charge in [0, 0.05) is 0 Å². The summed E-state index contributed by atoms with van der Waals surface area (Å²) in [7, 11) is 0. The minimum Gasteiger partial charge on any atom is -0.434 e. The third kappa shape index (κ3) is 6.22. The Kier molecular flexibility index (Phi) is 4.45. The number of hydrogen-bond acceptors (Lipinski definition) is 5. The Morgan fingerprint density at radius 3 is 2.07 bits per heavy atom. The first-order valence-corrected chi connectivity index (χ1v) is 4.59. The van der Waals surface area contributed by atoms with Crippen LogP contribution in [-0.2, 0) is 9.53 Å². The quantitative estimate of drug-likeness (QED) is 0.361. The first-order valence-electron chi connectivity index (χ1n) is 4.59. The second-order valence-electron chi connectivity index (χ2n) is 4.51. The molecule has 0 bridgehead atoms. The van der Waals surface area contributed by atoms with Crippen molar-refractivity contribution in [3.8, 4) is 0 Å². The predicted octanol–water partition coefficient (Wildman–Crippen LogP) is 0.356. The van der Waals surface area contributed by atoms with Crippen LogP contribution in [0.3, 0.4) is 0 Å². The first-order chi connectivity index (χ1) is 6.54. The molecule has 5 heteroatoms. The highest BCUT2D eigenvalue weighted by Crippen LogP contribution is 2.16. The molecule has 0 fully saturated rings. The maximum atomic E-state index is 11.1. The Bertz CT molecular complexity index is 244. The Hall–Kier alpha value is -0.910. The van der Waals surface area contributed by atoms with Gasteiger partial charge in [0.25, 0.3) is 5.97 Å². The molecule has 0 aromatic heterocycles. The number of ether oxygens (including phenoxy) is 1. The molecule has 1 atom stereocenters. The highest BCUT2D eigenvalue weighted by molar-refractivity contribution is 5.73. The van der Waals surface area contributed by atoms with Gasteiger partial charge < -0.3 is 20.1 Å². The Morgan fingerprint density at radius 2 is 1.73 bits per heavy atom. The second kappa shape index (κ2) is 4.74. The third-order valence-electron chi connectivity index (χ3n) is 1.69. The molecule has 0 heterocycles. The summed E-state index contributed by atoms with van der Waals surface area (Å²) >= 11 is 0. The minimum atomic E-state index is -3.05. The second-order valence-corrected chi connectivity index (χ2v) is 4.51. The molecule has 88 valence electrons. The lowest BCUT2D eigenvalue weighted by Gasteiger charge is -2.19. The van der Waals surface area contributed by atoms with Gasteiger partial charge in [0.1, 0.15) is 5.92 Å². The molecule has 15 heavy (non-hydrogen) atoms. The van der Waals surface area contributed by atoms with Crippen molar-refractivity contribution >= 4 is 5.97 Å². The number of rotatable bonds is 3. The molecule has 3 N–H and O–H groups in total. The van der Waals surface area contributed by atoms with Crippen LogP contribution in [0.25, 0.3) is 0 Å². The van der Waals surface area contributed by atoms with Crippen molar-refractivity contribution < 1.29 is 24.9 Å². The van der Waals surface area contributed by atoms with E-state index in [1.165, 1.54) is 6.26 Å². The Labute approximate surface area is 89.0 Å². The van der Waals surface area contributed by atoms with E-state index in [0.717, 1.165) is 6.92 Å². The average molecular weight is 218 g/mol. The van der Waals surface area contributed by atoms with Crippen LogP contribution in [0.15, 0.2) is 12.3 Å². The first kappa shape index (κ1) is 14.1. The number of hydrogen-bond donors (Lipinski definition) is 3. The maximum absolute atomic E-state index is 11.1. The van der Waals surface area contributed by atoms with Crippen LogP contribution in [0, 0.1) is 11.3 Å². The highest BCUT2D eigenvalue weighted by atomic mass is 16.7. The fraction of sp³-hybridized carbons (Fsp3) is 0.700. The molecule has 1 unspecified atom stereocenters. The lowest BCUT2D eigenvalue weighted by molar-refractivity contribution is -0.334. The number of aliphatic hydroxyl groups is 3. The van der Waals surface area contributed by atoms with Crippen molar-refractivity contribution in [2.24, 2.45) is 11.3 Å². The SMILES string of the molecule is CC(C(=O)OC=CC(C)(C)C)C(O)(O)O. The average Bonchev–Trinajstić information content (AvgIpc) is 1.98. The summed E-state index contributed by atoms with van der Waals surface area (Å²) in [4.78, 5) is 11.1. The molecular weight excluding hydrogens is 200 g/mol. The summed E-state index contributed by atoms with van der Waals surface area (Å²) < 4.78 is 4.61. The summed E-state index contributed by atoms with van der Waals surface area (Å²) in [5.41, 5.74) is -0.141. The molecule has 0 rings (SSSR count). The van der Waals surface area contributed by atoms with Crippen LogP contribution in [-0.4, -0.2) is 27.3 Å². The molecule has 0 saturated carbocycles. The summed E-state index contributed by atoms with van der Waals surface area (Å²) in [5.74, 6) is -5.39. The number of esters is 1. The fourth-order valence-corrected chi connectivity index (χ4v) is 0.565. The number of allylic oxidation sites excluding steroid dienone is 1. The maximum Gasteiger partial charge on any atom is 0.321 e. The van der Waals surface area contributed by atoms with Gasteiger partial charge in [-0.3, -0.25) is 4.79 Å². The van der Waals surface area contributed by atoms with E-state index in [-0.39, 0.29) is 5.41 Å². The molecule has 0 aliphatic rings.